The maximum absolute atomic E-state index is 4.15. The van der Waals surface area contributed by atoms with Gasteiger partial charge in [-0.1, -0.05) is 22.0 Å². The van der Waals surface area contributed by atoms with E-state index in [1.165, 1.54) is 4.88 Å². The highest BCUT2D eigenvalue weighted by molar-refractivity contribution is 9.11. The number of nitrogens with one attached hydrogen (secondary N) is 2. The van der Waals surface area contributed by atoms with Crippen LogP contribution in [0.25, 0.3) is 10.6 Å². The summed E-state index contributed by atoms with van der Waals surface area (Å²) in [5, 5.41) is 12.7. The molecule has 0 spiro atoms. The van der Waals surface area contributed by atoms with Crippen molar-refractivity contribution in [3.8, 4) is 10.6 Å². The molecule has 0 atom stereocenters. The maximum atomic E-state index is 4.15. The SMILES string of the molecule is Brc1ccc(Br)c(NCc2cn[nH]c2-c2cccs2)c1. The Bertz CT molecular complexity index is 707. The number of hydrogen-bond donors (Lipinski definition) is 2. The van der Waals surface area contributed by atoms with E-state index in [0.717, 1.165) is 32.4 Å². The van der Waals surface area contributed by atoms with Crippen LogP contribution in [0.2, 0.25) is 0 Å². The molecule has 0 unspecified atom stereocenters. The normalized spacial score (nSPS) is 10.7. The first-order valence-corrected chi connectivity index (χ1v) is 8.45. The molecular formula is C14H11Br2N3S. The third-order valence-corrected chi connectivity index (χ3v) is 4.96. The topological polar surface area (TPSA) is 40.7 Å². The highest BCUT2D eigenvalue weighted by Crippen LogP contribution is 2.29. The fourth-order valence-corrected chi connectivity index (χ4v) is 3.41. The molecule has 0 aliphatic rings. The van der Waals surface area contributed by atoms with Gasteiger partial charge < -0.3 is 5.32 Å². The number of hydrogen-bond acceptors (Lipinski definition) is 3. The molecule has 0 saturated carbocycles. The quantitative estimate of drug-likeness (QED) is 0.612. The van der Waals surface area contributed by atoms with Gasteiger partial charge in [0.15, 0.2) is 0 Å². The molecule has 0 aliphatic carbocycles. The number of aromatic amines is 1. The Labute approximate surface area is 137 Å². The van der Waals surface area contributed by atoms with Crippen LogP contribution in [-0.4, -0.2) is 10.2 Å². The molecule has 1 aromatic carbocycles. The minimum Gasteiger partial charge on any atom is -0.380 e. The van der Waals surface area contributed by atoms with E-state index in [0.29, 0.717) is 0 Å². The third kappa shape index (κ3) is 2.97. The van der Waals surface area contributed by atoms with E-state index in [1.54, 1.807) is 11.3 Å². The molecule has 102 valence electrons. The van der Waals surface area contributed by atoms with E-state index in [-0.39, 0.29) is 0 Å². The predicted octanol–water partition coefficient (Wildman–Crippen LogP) is 5.28. The summed E-state index contributed by atoms with van der Waals surface area (Å²) in [6.45, 7) is 0.721. The molecule has 2 heterocycles. The van der Waals surface area contributed by atoms with Crippen LogP contribution in [0.1, 0.15) is 5.56 Å². The number of halogens is 2. The van der Waals surface area contributed by atoms with Gasteiger partial charge in [-0.3, -0.25) is 5.10 Å². The van der Waals surface area contributed by atoms with Crippen LogP contribution in [0.15, 0.2) is 50.9 Å². The first-order valence-electron chi connectivity index (χ1n) is 5.99. The number of nitrogens with zero attached hydrogens (tertiary/aromatic N) is 1. The molecule has 3 aromatic rings. The smallest absolute Gasteiger partial charge is 0.0799 e. The molecule has 3 rings (SSSR count). The van der Waals surface area contributed by atoms with E-state index in [2.05, 4.69) is 64.9 Å². The lowest BCUT2D eigenvalue weighted by molar-refractivity contribution is 1.10. The molecule has 0 radical (unpaired) electrons. The Hall–Kier alpha value is -1.11. The van der Waals surface area contributed by atoms with Crippen molar-refractivity contribution in [1.82, 2.24) is 10.2 Å². The predicted molar refractivity (Wildman–Crippen MR) is 91.1 cm³/mol. The first-order chi connectivity index (χ1) is 9.74. The van der Waals surface area contributed by atoms with E-state index in [4.69, 9.17) is 0 Å². The monoisotopic (exact) mass is 411 g/mol. The van der Waals surface area contributed by atoms with Gasteiger partial charge in [0.25, 0.3) is 0 Å². The van der Waals surface area contributed by atoms with E-state index in [1.807, 2.05) is 24.4 Å². The number of benzene rings is 1. The minimum atomic E-state index is 0.721. The minimum absolute atomic E-state index is 0.721. The fourth-order valence-electron chi connectivity index (χ4n) is 1.90. The third-order valence-electron chi connectivity index (χ3n) is 2.88. The van der Waals surface area contributed by atoms with Crippen molar-refractivity contribution in [2.24, 2.45) is 0 Å². The molecule has 6 heteroatoms. The molecule has 20 heavy (non-hydrogen) atoms. The lowest BCUT2D eigenvalue weighted by atomic mass is 10.2. The van der Waals surface area contributed by atoms with Crippen LogP contribution in [-0.2, 0) is 6.54 Å². The van der Waals surface area contributed by atoms with Gasteiger partial charge in [0, 0.05) is 26.7 Å². The second kappa shape index (κ2) is 6.11. The summed E-state index contributed by atoms with van der Waals surface area (Å²) < 4.78 is 2.09. The Balaban J connectivity index is 1.79. The van der Waals surface area contributed by atoms with Crippen LogP contribution < -0.4 is 5.32 Å². The lowest BCUT2D eigenvalue weighted by Crippen LogP contribution is -2.00. The van der Waals surface area contributed by atoms with Gasteiger partial charge in [-0.25, -0.2) is 0 Å². The van der Waals surface area contributed by atoms with Crippen molar-refractivity contribution in [3.63, 3.8) is 0 Å². The average molecular weight is 413 g/mol. The van der Waals surface area contributed by atoms with Crippen molar-refractivity contribution in [3.05, 3.63) is 56.4 Å². The van der Waals surface area contributed by atoms with Gasteiger partial charge in [-0.05, 0) is 45.6 Å². The van der Waals surface area contributed by atoms with Gasteiger partial charge in [0.2, 0.25) is 0 Å². The number of rotatable bonds is 4. The Morgan fingerprint density at radius 1 is 1.25 bits per heavy atom. The number of H-pyrrole nitrogens is 1. The average Bonchev–Trinajstić information content (AvgIpc) is 3.09. The molecule has 2 aromatic heterocycles. The maximum Gasteiger partial charge on any atom is 0.0799 e. The van der Waals surface area contributed by atoms with Crippen LogP contribution in [0.3, 0.4) is 0 Å². The van der Waals surface area contributed by atoms with Gasteiger partial charge in [-0.2, -0.15) is 5.10 Å². The van der Waals surface area contributed by atoms with Gasteiger partial charge in [-0.15, -0.1) is 11.3 Å². The number of aromatic nitrogens is 2. The standard InChI is InChI=1S/C14H11Br2N3S/c15-10-3-4-11(16)12(6-10)17-7-9-8-18-19-14(9)13-2-1-5-20-13/h1-6,8,17H,7H2,(H,18,19). The molecule has 0 fully saturated rings. The molecular weight excluding hydrogens is 402 g/mol. The summed E-state index contributed by atoms with van der Waals surface area (Å²) in [6.07, 6.45) is 1.87. The second-order valence-corrected chi connectivity index (χ2v) is 6.94. The van der Waals surface area contributed by atoms with Crippen molar-refractivity contribution < 1.29 is 0 Å². The summed E-state index contributed by atoms with van der Waals surface area (Å²) in [6, 6.07) is 10.2. The Morgan fingerprint density at radius 3 is 2.95 bits per heavy atom. The van der Waals surface area contributed by atoms with E-state index >= 15 is 0 Å². The van der Waals surface area contributed by atoms with Crippen molar-refractivity contribution in [2.45, 2.75) is 6.54 Å². The summed E-state index contributed by atoms with van der Waals surface area (Å²) in [5.74, 6) is 0. The Morgan fingerprint density at radius 2 is 2.15 bits per heavy atom. The lowest BCUT2D eigenvalue weighted by Gasteiger charge is -2.09. The zero-order chi connectivity index (χ0) is 13.9. The molecule has 0 amide bonds. The van der Waals surface area contributed by atoms with Crippen molar-refractivity contribution in [2.75, 3.05) is 5.32 Å². The molecule has 0 bridgehead atoms. The summed E-state index contributed by atoms with van der Waals surface area (Å²) in [7, 11) is 0. The van der Waals surface area contributed by atoms with Crippen LogP contribution in [0.5, 0.6) is 0 Å². The largest absolute Gasteiger partial charge is 0.380 e. The van der Waals surface area contributed by atoms with E-state index < -0.39 is 0 Å². The number of anilines is 1. The first kappa shape index (κ1) is 13.9. The Kier molecular flexibility index (Phi) is 4.24. The van der Waals surface area contributed by atoms with Crippen LogP contribution in [0, 0.1) is 0 Å². The van der Waals surface area contributed by atoms with Crippen LogP contribution >= 0.6 is 43.2 Å². The zero-order valence-corrected chi connectivity index (χ0v) is 14.3. The summed E-state index contributed by atoms with van der Waals surface area (Å²) in [4.78, 5) is 1.20. The molecule has 3 nitrogen and oxygen atoms in total. The highest BCUT2D eigenvalue weighted by Gasteiger charge is 2.09. The van der Waals surface area contributed by atoms with Crippen molar-refractivity contribution in [1.29, 1.82) is 0 Å². The van der Waals surface area contributed by atoms with Crippen molar-refractivity contribution >= 4 is 48.9 Å². The van der Waals surface area contributed by atoms with Crippen LogP contribution in [0.4, 0.5) is 5.69 Å². The summed E-state index contributed by atoms with van der Waals surface area (Å²) >= 11 is 8.74. The zero-order valence-electron chi connectivity index (χ0n) is 10.4. The number of thiophene rings is 1. The molecule has 0 saturated heterocycles. The molecule has 0 aliphatic heterocycles. The van der Waals surface area contributed by atoms with Gasteiger partial charge >= 0.3 is 0 Å². The fraction of sp³-hybridized carbons (Fsp3) is 0.0714. The van der Waals surface area contributed by atoms with Gasteiger partial charge in [0.1, 0.15) is 0 Å². The van der Waals surface area contributed by atoms with Gasteiger partial charge in [0.05, 0.1) is 16.8 Å². The van der Waals surface area contributed by atoms with E-state index in [9.17, 15) is 0 Å². The summed E-state index contributed by atoms with van der Waals surface area (Å²) in [5.41, 5.74) is 3.29. The second-order valence-electron chi connectivity index (χ2n) is 4.23. The molecule has 2 N–H and O–H groups in total. The highest BCUT2D eigenvalue weighted by atomic mass is 79.9.